The van der Waals surface area contributed by atoms with Gasteiger partial charge in [0.25, 0.3) is 0 Å². The van der Waals surface area contributed by atoms with Crippen LogP contribution in [0.25, 0.3) is 21.6 Å². The van der Waals surface area contributed by atoms with Gasteiger partial charge in [0.05, 0.1) is 24.2 Å². The van der Waals surface area contributed by atoms with Crippen LogP contribution >= 0.6 is 0 Å². The van der Waals surface area contributed by atoms with Gasteiger partial charge in [-0.15, -0.1) is 0 Å². The smallest absolute Gasteiger partial charge is 0.165 e. The van der Waals surface area contributed by atoms with Crippen LogP contribution in [0.15, 0.2) is 17.8 Å². The molecular formula is C12H15AcN7O2. The summed E-state index contributed by atoms with van der Waals surface area (Å²) in [6.45, 7) is 3.75. The number of aryl methyl sites for hydroxylation is 1. The quantitative estimate of drug-likeness (QED) is 0.377. The fraction of sp³-hybridized carbons (Fsp3) is 0.583. The Balaban J connectivity index is 0.00000176. The van der Waals surface area contributed by atoms with E-state index in [0.717, 1.165) is 5.69 Å². The molecule has 0 aromatic carbocycles. The van der Waals surface area contributed by atoms with E-state index in [1.165, 1.54) is 6.33 Å². The van der Waals surface area contributed by atoms with Crippen molar-refractivity contribution in [3.8, 4) is 0 Å². The van der Waals surface area contributed by atoms with Crippen LogP contribution in [-0.4, -0.2) is 42.9 Å². The molecule has 1 aliphatic heterocycles. The molecule has 0 amide bonds. The molecule has 1 N–H and O–H groups in total. The first-order valence-corrected chi connectivity index (χ1v) is 6.69. The summed E-state index contributed by atoms with van der Waals surface area (Å²) in [5, 5.41) is 14.1. The number of hydrogen-bond acceptors (Lipinski definition) is 6. The van der Waals surface area contributed by atoms with Gasteiger partial charge in [0.1, 0.15) is 17.9 Å². The van der Waals surface area contributed by atoms with Gasteiger partial charge in [0.15, 0.2) is 11.9 Å². The maximum atomic E-state index is 10.4. The average Bonchev–Trinajstić information content (AvgIpc) is 3.03. The zero-order valence-electron chi connectivity index (χ0n) is 12.2. The second-order valence-electron chi connectivity index (χ2n) is 4.94. The molecule has 9 nitrogen and oxygen atoms in total. The molecule has 3 heterocycles. The van der Waals surface area contributed by atoms with Gasteiger partial charge in [0.2, 0.25) is 0 Å². The molecule has 4 atom stereocenters. The second-order valence-corrected chi connectivity index (χ2v) is 4.94. The van der Waals surface area contributed by atoms with Crippen LogP contribution in [0.1, 0.15) is 25.3 Å². The van der Waals surface area contributed by atoms with Gasteiger partial charge in [-0.1, -0.05) is 12.0 Å². The summed E-state index contributed by atoms with van der Waals surface area (Å²) in [5.41, 5.74) is 10.6. The van der Waals surface area contributed by atoms with Crippen LogP contribution < -0.4 is 0 Å². The second kappa shape index (κ2) is 7.20. The third-order valence-electron chi connectivity index (χ3n) is 3.74. The Hall–Kier alpha value is -0.778. The Morgan fingerprint density at radius 3 is 2.91 bits per heavy atom. The summed E-state index contributed by atoms with van der Waals surface area (Å²) in [6.07, 6.45) is 1.69. The number of azide groups is 1. The van der Waals surface area contributed by atoms with Gasteiger partial charge in [-0.3, -0.25) is 4.57 Å². The van der Waals surface area contributed by atoms with Crippen molar-refractivity contribution in [1.29, 1.82) is 0 Å². The third kappa shape index (κ3) is 2.86. The summed E-state index contributed by atoms with van der Waals surface area (Å²) in [4.78, 5) is 15.3. The molecule has 1 saturated heterocycles. The number of fused-ring (bicyclic) bond motifs is 1. The van der Waals surface area contributed by atoms with Gasteiger partial charge in [0, 0.05) is 49.0 Å². The van der Waals surface area contributed by atoms with Crippen molar-refractivity contribution in [2.45, 2.75) is 44.7 Å². The largest absolute Gasteiger partial charge is 0.388 e. The Kier molecular flexibility index (Phi) is 5.75. The monoisotopic (exact) mass is 516 g/mol. The molecule has 1 unspecified atom stereocenters. The van der Waals surface area contributed by atoms with E-state index < -0.39 is 18.4 Å². The van der Waals surface area contributed by atoms with Crippen molar-refractivity contribution in [2.24, 2.45) is 5.11 Å². The predicted molar refractivity (Wildman–Crippen MR) is 73.2 cm³/mol. The van der Waals surface area contributed by atoms with Gasteiger partial charge in [-0.05, 0) is 18.9 Å². The van der Waals surface area contributed by atoms with Crippen LogP contribution in [0, 0.1) is 51.0 Å². The fourth-order valence-electron chi connectivity index (χ4n) is 2.65. The first-order chi connectivity index (χ1) is 10.2. The van der Waals surface area contributed by atoms with Crippen molar-refractivity contribution >= 4 is 11.2 Å². The molecule has 22 heavy (non-hydrogen) atoms. The number of imidazole rings is 1. The molecule has 0 aliphatic carbocycles. The molecule has 2 aromatic heterocycles. The fourth-order valence-corrected chi connectivity index (χ4v) is 2.65. The van der Waals surface area contributed by atoms with Crippen LogP contribution in [0.4, 0.5) is 0 Å². The predicted octanol–water partition coefficient (Wildman–Crippen LogP) is 1.48. The number of aliphatic hydroxyl groups excluding tert-OH is 1. The van der Waals surface area contributed by atoms with Gasteiger partial charge in [-0.2, -0.15) is 0 Å². The van der Waals surface area contributed by atoms with Crippen LogP contribution in [0.2, 0.25) is 0 Å². The number of rotatable bonds is 3. The number of aromatic nitrogens is 4. The van der Waals surface area contributed by atoms with Gasteiger partial charge < -0.3 is 9.84 Å². The molecule has 1 aliphatic rings. The van der Waals surface area contributed by atoms with E-state index in [2.05, 4.69) is 25.0 Å². The van der Waals surface area contributed by atoms with Gasteiger partial charge in [-0.25, -0.2) is 15.0 Å². The SMILES string of the molecule is CC[C@H]1O[C@@H](n2cnc3c(C)ncnc32)C(O)[C@H]1N=[N+]=[N-].[Ac]. The molecule has 1 radical (unpaired) electrons. The number of ether oxygens (including phenoxy) is 1. The zero-order valence-corrected chi connectivity index (χ0v) is 17.0. The van der Waals surface area contributed by atoms with Crippen LogP contribution in [-0.2, 0) is 4.74 Å². The molecule has 0 bridgehead atoms. The number of nitrogens with zero attached hydrogens (tertiary/aromatic N) is 7. The van der Waals surface area contributed by atoms with Crippen LogP contribution in [0.3, 0.4) is 0 Å². The minimum Gasteiger partial charge on any atom is -0.388 e. The van der Waals surface area contributed by atoms with Crippen molar-refractivity contribution in [3.63, 3.8) is 0 Å². The number of hydrogen-bond donors (Lipinski definition) is 1. The Labute approximate surface area is 162 Å². The topological polar surface area (TPSA) is 122 Å². The maximum absolute atomic E-state index is 10.4. The average molecular weight is 516 g/mol. The first kappa shape index (κ1) is 17.6. The Bertz CT molecular complexity index is 715. The van der Waals surface area contributed by atoms with E-state index in [4.69, 9.17) is 10.3 Å². The molecule has 113 valence electrons. The summed E-state index contributed by atoms with van der Waals surface area (Å²) >= 11 is 0. The van der Waals surface area contributed by atoms with Crippen molar-refractivity contribution in [1.82, 2.24) is 19.5 Å². The normalized spacial score (nSPS) is 27.4. The minimum absolute atomic E-state index is 0. The standard InChI is InChI=1S/C12H15N7O2.Ac/c1-3-7-9(17-18-13)10(20)12(21-7)19-5-16-8-6(2)14-4-15-11(8)19;/h4-5,7,9-10,12,20H,3H2,1-2H3;/t7-,9+,10?,12-;/m1./s1. The summed E-state index contributed by atoms with van der Waals surface area (Å²) < 4.78 is 7.49. The Morgan fingerprint density at radius 2 is 2.23 bits per heavy atom. The summed E-state index contributed by atoms with van der Waals surface area (Å²) in [7, 11) is 0. The van der Waals surface area contributed by atoms with Crippen molar-refractivity contribution in [3.05, 3.63) is 28.8 Å². The summed E-state index contributed by atoms with van der Waals surface area (Å²) in [5.74, 6) is 0. The van der Waals surface area contributed by atoms with E-state index in [0.29, 0.717) is 17.6 Å². The van der Waals surface area contributed by atoms with E-state index >= 15 is 0 Å². The third-order valence-corrected chi connectivity index (χ3v) is 3.74. The molecule has 1 fully saturated rings. The zero-order chi connectivity index (χ0) is 15.0. The molecule has 3 rings (SSSR count). The van der Waals surface area contributed by atoms with E-state index in [9.17, 15) is 5.11 Å². The first-order valence-electron chi connectivity index (χ1n) is 6.69. The molecule has 0 spiro atoms. The van der Waals surface area contributed by atoms with Crippen molar-refractivity contribution in [2.75, 3.05) is 0 Å². The maximum Gasteiger partial charge on any atom is 0.165 e. The van der Waals surface area contributed by atoms with Crippen molar-refractivity contribution < 1.29 is 53.9 Å². The molecule has 10 heteroatoms. The molecule has 0 saturated carbocycles. The van der Waals surface area contributed by atoms with E-state index in [1.54, 1.807) is 10.9 Å². The van der Waals surface area contributed by atoms with E-state index in [1.807, 2.05) is 13.8 Å². The summed E-state index contributed by atoms with van der Waals surface area (Å²) in [6, 6.07) is -0.620. The van der Waals surface area contributed by atoms with Crippen LogP contribution in [0.5, 0.6) is 0 Å². The molecular weight excluding hydrogens is 501 g/mol. The molecule has 2 aromatic rings. The van der Waals surface area contributed by atoms with Gasteiger partial charge >= 0.3 is 0 Å². The minimum atomic E-state index is -0.946. The van der Waals surface area contributed by atoms with E-state index in [-0.39, 0.29) is 50.2 Å². The Morgan fingerprint density at radius 1 is 1.45 bits per heavy atom. The number of aliphatic hydroxyl groups is 1.